The van der Waals surface area contributed by atoms with Crippen LogP contribution >= 0.6 is 15.9 Å². The topological polar surface area (TPSA) is 68.5 Å². The lowest BCUT2D eigenvalue weighted by atomic mass is 10.1. The Morgan fingerprint density at radius 2 is 1.88 bits per heavy atom. The molecule has 32 heavy (non-hydrogen) atoms. The Labute approximate surface area is 194 Å². The summed E-state index contributed by atoms with van der Waals surface area (Å²) in [6, 6.07) is 24.8. The maximum absolute atomic E-state index is 12.5. The molecular formula is C25H21BrN4O2. The summed E-state index contributed by atoms with van der Waals surface area (Å²) in [7, 11) is 0. The average molecular weight is 489 g/mol. The maximum atomic E-state index is 12.5. The first-order valence-corrected chi connectivity index (χ1v) is 10.8. The summed E-state index contributed by atoms with van der Waals surface area (Å²) in [6.07, 6.45) is 5.20. The molecule has 0 spiro atoms. The Balaban J connectivity index is 1.37. The molecule has 1 aromatic heterocycles. The van der Waals surface area contributed by atoms with Crippen LogP contribution < -0.4 is 10.2 Å². The molecule has 1 N–H and O–H groups in total. The molecular weight excluding hydrogens is 468 g/mol. The third-order valence-corrected chi connectivity index (χ3v) is 5.22. The predicted octanol–water partition coefficient (Wildman–Crippen LogP) is 5.04. The van der Waals surface area contributed by atoms with E-state index in [4.69, 9.17) is 4.74 Å². The summed E-state index contributed by atoms with van der Waals surface area (Å²) < 4.78 is 8.77. The number of nitrogens with one attached hydrogen (secondary N) is 1. The SMILES string of the molecule is O=C(N/N=C\c1ccccc1OCc1ccc(Br)cc1)c1cccc(Cn2cccn2)c1. The number of ether oxygens (including phenoxy) is 1. The van der Waals surface area contributed by atoms with Crippen LogP contribution in [0.15, 0.2) is 101 Å². The second kappa shape index (κ2) is 10.5. The maximum Gasteiger partial charge on any atom is 0.271 e. The molecule has 0 saturated heterocycles. The number of benzene rings is 3. The van der Waals surface area contributed by atoms with Crippen LogP contribution in [-0.2, 0) is 13.2 Å². The number of hydrogen-bond acceptors (Lipinski definition) is 4. The third kappa shape index (κ3) is 5.92. The van der Waals surface area contributed by atoms with Crippen molar-refractivity contribution in [1.82, 2.24) is 15.2 Å². The minimum atomic E-state index is -0.281. The van der Waals surface area contributed by atoms with E-state index in [1.165, 1.54) is 0 Å². The number of para-hydroxylation sites is 1. The van der Waals surface area contributed by atoms with E-state index in [1.807, 2.05) is 79.0 Å². The Hall–Kier alpha value is -3.71. The van der Waals surface area contributed by atoms with Gasteiger partial charge in [-0.05, 0) is 53.6 Å². The highest BCUT2D eigenvalue weighted by molar-refractivity contribution is 9.10. The van der Waals surface area contributed by atoms with Gasteiger partial charge in [-0.2, -0.15) is 10.2 Å². The quantitative estimate of drug-likeness (QED) is 0.279. The highest BCUT2D eigenvalue weighted by Gasteiger charge is 2.06. The van der Waals surface area contributed by atoms with E-state index < -0.39 is 0 Å². The number of carbonyl (C=O) groups is 1. The smallest absolute Gasteiger partial charge is 0.271 e. The van der Waals surface area contributed by atoms with E-state index in [1.54, 1.807) is 23.2 Å². The molecule has 0 aliphatic rings. The molecule has 1 heterocycles. The fourth-order valence-electron chi connectivity index (χ4n) is 3.08. The Bertz CT molecular complexity index is 1200. The van der Waals surface area contributed by atoms with Crippen molar-refractivity contribution in [2.45, 2.75) is 13.2 Å². The van der Waals surface area contributed by atoms with Gasteiger partial charge in [0.15, 0.2) is 0 Å². The Morgan fingerprint density at radius 1 is 1.03 bits per heavy atom. The number of hydrogen-bond donors (Lipinski definition) is 1. The zero-order chi connectivity index (χ0) is 22.2. The molecule has 0 atom stereocenters. The van der Waals surface area contributed by atoms with Gasteiger partial charge in [0.1, 0.15) is 12.4 Å². The fraction of sp³-hybridized carbons (Fsp3) is 0.0800. The van der Waals surface area contributed by atoms with Crippen molar-refractivity contribution in [3.8, 4) is 5.75 Å². The van der Waals surface area contributed by atoms with Crippen LogP contribution in [0.5, 0.6) is 5.75 Å². The second-order valence-electron chi connectivity index (χ2n) is 7.06. The molecule has 0 fully saturated rings. The molecule has 6 nitrogen and oxygen atoms in total. The number of hydrazone groups is 1. The Morgan fingerprint density at radius 3 is 2.69 bits per heavy atom. The van der Waals surface area contributed by atoms with E-state index in [0.717, 1.165) is 21.2 Å². The van der Waals surface area contributed by atoms with Gasteiger partial charge in [0.25, 0.3) is 5.91 Å². The molecule has 160 valence electrons. The van der Waals surface area contributed by atoms with Crippen LogP contribution in [0, 0.1) is 0 Å². The van der Waals surface area contributed by atoms with Gasteiger partial charge in [-0.25, -0.2) is 5.43 Å². The summed E-state index contributed by atoms with van der Waals surface area (Å²) in [5.74, 6) is 0.409. The summed E-state index contributed by atoms with van der Waals surface area (Å²) >= 11 is 3.43. The molecule has 0 unspecified atom stereocenters. The normalized spacial score (nSPS) is 10.9. The average Bonchev–Trinajstić information content (AvgIpc) is 3.32. The van der Waals surface area contributed by atoms with E-state index in [0.29, 0.717) is 24.5 Å². The second-order valence-corrected chi connectivity index (χ2v) is 7.97. The van der Waals surface area contributed by atoms with Gasteiger partial charge < -0.3 is 4.74 Å². The van der Waals surface area contributed by atoms with Gasteiger partial charge >= 0.3 is 0 Å². The predicted molar refractivity (Wildman–Crippen MR) is 128 cm³/mol. The number of carbonyl (C=O) groups excluding carboxylic acids is 1. The van der Waals surface area contributed by atoms with E-state index in [-0.39, 0.29) is 5.91 Å². The largest absolute Gasteiger partial charge is 0.488 e. The van der Waals surface area contributed by atoms with E-state index in [9.17, 15) is 4.79 Å². The molecule has 0 aliphatic heterocycles. The lowest BCUT2D eigenvalue weighted by Crippen LogP contribution is -2.18. The van der Waals surface area contributed by atoms with Crippen LogP contribution in [-0.4, -0.2) is 21.9 Å². The molecule has 0 aliphatic carbocycles. The van der Waals surface area contributed by atoms with E-state index >= 15 is 0 Å². The molecule has 4 rings (SSSR count). The minimum Gasteiger partial charge on any atom is -0.488 e. The van der Waals surface area contributed by atoms with Gasteiger partial charge in [0, 0.05) is 28.0 Å². The minimum absolute atomic E-state index is 0.281. The van der Waals surface area contributed by atoms with Crippen LogP contribution in [0.2, 0.25) is 0 Å². The first-order chi connectivity index (χ1) is 15.7. The monoisotopic (exact) mass is 488 g/mol. The summed E-state index contributed by atoms with van der Waals surface area (Å²) in [4.78, 5) is 12.5. The molecule has 0 bridgehead atoms. The zero-order valence-corrected chi connectivity index (χ0v) is 18.8. The summed E-state index contributed by atoms with van der Waals surface area (Å²) in [5, 5.41) is 8.32. The highest BCUT2D eigenvalue weighted by atomic mass is 79.9. The highest BCUT2D eigenvalue weighted by Crippen LogP contribution is 2.18. The number of aromatic nitrogens is 2. The number of rotatable bonds is 8. The number of nitrogens with zero attached hydrogens (tertiary/aromatic N) is 3. The molecule has 3 aromatic carbocycles. The van der Waals surface area contributed by atoms with Gasteiger partial charge in [-0.15, -0.1) is 0 Å². The van der Waals surface area contributed by atoms with Crippen molar-refractivity contribution < 1.29 is 9.53 Å². The van der Waals surface area contributed by atoms with Crippen LogP contribution in [0.4, 0.5) is 0 Å². The van der Waals surface area contributed by atoms with Crippen LogP contribution in [0.3, 0.4) is 0 Å². The third-order valence-electron chi connectivity index (χ3n) is 4.69. The number of halogens is 1. The molecule has 4 aromatic rings. The molecule has 1 amide bonds. The fourth-order valence-corrected chi connectivity index (χ4v) is 3.34. The van der Waals surface area contributed by atoms with Gasteiger partial charge in [-0.3, -0.25) is 9.48 Å². The van der Waals surface area contributed by atoms with Gasteiger partial charge in [-0.1, -0.05) is 52.3 Å². The summed E-state index contributed by atoms with van der Waals surface area (Å²) in [6.45, 7) is 1.04. The zero-order valence-electron chi connectivity index (χ0n) is 17.2. The van der Waals surface area contributed by atoms with Crippen molar-refractivity contribution in [3.63, 3.8) is 0 Å². The van der Waals surface area contributed by atoms with Crippen molar-refractivity contribution in [2.24, 2.45) is 5.10 Å². The number of amides is 1. The lowest BCUT2D eigenvalue weighted by molar-refractivity contribution is 0.0955. The van der Waals surface area contributed by atoms with Crippen molar-refractivity contribution in [2.75, 3.05) is 0 Å². The lowest BCUT2D eigenvalue weighted by Gasteiger charge is -2.09. The molecule has 0 saturated carbocycles. The van der Waals surface area contributed by atoms with Crippen molar-refractivity contribution in [3.05, 3.63) is 118 Å². The molecule has 7 heteroatoms. The van der Waals surface area contributed by atoms with Gasteiger partial charge in [0.2, 0.25) is 0 Å². The Kier molecular flexibility index (Phi) is 7.09. The van der Waals surface area contributed by atoms with Crippen molar-refractivity contribution >= 4 is 28.1 Å². The van der Waals surface area contributed by atoms with Gasteiger partial charge in [0.05, 0.1) is 12.8 Å². The molecule has 0 radical (unpaired) electrons. The first kappa shape index (κ1) is 21.5. The van der Waals surface area contributed by atoms with Crippen LogP contribution in [0.25, 0.3) is 0 Å². The van der Waals surface area contributed by atoms with Crippen LogP contribution in [0.1, 0.15) is 27.0 Å². The standard InChI is InChI=1S/C25H21BrN4O2/c26-23-11-9-19(10-12-23)18-32-24-8-2-1-6-22(24)16-27-29-25(31)21-7-3-5-20(15-21)17-30-14-4-13-28-30/h1-16H,17-18H2,(H,29,31)/b27-16-. The van der Waals surface area contributed by atoms with Crippen molar-refractivity contribution in [1.29, 1.82) is 0 Å². The first-order valence-electron chi connectivity index (χ1n) is 10.0. The van der Waals surface area contributed by atoms with E-state index in [2.05, 4.69) is 31.6 Å². The summed E-state index contributed by atoms with van der Waals surface area (Å²) in [5.41, 5.74) is 5.94.